The van der Waals surface area contributed by atoms with Crippen molar-refractivity contribution in [1.82, 2.24) is 20.2 Å². The van der Waals surface area contributed by atoms with Gasteiger partial charge in [0.1, 0.15) is 0 Å². The first-order valence-electron chi connectivity index (χ1n) is 7.56. The third-order valence-corrected chi connectivity index (χ3v) is 3.35. The van der Waals surface area contributed by atoms with Crippen molar-refractivity contribution in [2.45, 2.75) is 6.54 Å². The molecule has 0 saturated heterocycles. The van der Waals surface area contributed by atoms with Crippen molar-refractivity contribution in [3.05, 3.63) is 53.9 Å². The Hall–Kier alpha value is -2.47. The number of benzene rings is 1. The highest BCUT2D eigenvalue weighted by Gasteiger charge is 2.09. The summed E-state index contributed by atoms with van der Waals surface area (Å²) in [5.41, 5.74) is 1.66. The van der Waals surface area contributed by atoms with Gasteiger partial charge >= 0.3 is 0 Å². The van der Waals surface area contributed by atoms with E-state index in [1.54, 1.807) is 12.4 Å². The van der Waals surface area contributed by atoms with Gasteiger partial charge in [0.25, 0.3) is 5.91 Å². The highest BCUT2D eigenvalue weighted by molar-refractivity contribution is 5.93. The fourth-order valence-electron chi connectivity index (χ4n) is 2.06. The van der Waals surface area contributed by atoms with Crippen molar-refractivity contribution in [2.24, 2.45) is 0 Å². The van der Waals surface area contributed by atoms with Gasteiger partial charge in [0.15, 0.2) is 0 Å². The number of amides is 1. The van der Waals surface area contributed by atoms with Gasteiger partial charge in [-0.2, -0.15) is 0 Å². The molecule has 1 heterocycles. The molecule has 1 aromatic carbocycles. The molecule has 0 saturated carbocycles. The van der Waals surface area contributed by atoms with Crippen LogP contribution in [0.3, 0.4) is 0 Å². The van der Waals surface area contributed by atoms with Crippen LogP contribution < -0.4 is 10.2 Å². The lowest BCUT2D eigenvalue weighted by Crippen LogP contribution is -2.31. The highest BCUT2D eigenvalue weighted by Crippen LogP contribution is 2.10. The predicted molar refractivity (Wildman–Crippen MR) is 91.5 cm³/mol. The van der Waals surface area contributed by atoms with E-state index in [1.165, 1.54) is 5.56 Å². The molecule has 0 fully saturated rings. The summed E-state index contributed by atoms with van der Waals surface area (Å²) in [4.78, 5) is 24.5. The topological polar surface area (TPSA) is 61.4 Å². The predicted octanol–water partition coefficient (Wildman–Crippen LogP) is 1.40. The Morgan fingerprint density at radius 1 is 1.09 bits per heavy atom. The fourth-order valence-corrected chi connectivity index (χ4v) is 2.06. The van der Waals surface area contributed by atoms with Gasteiger partial charge in [0.05, 0.1) is 5.56 Å². The molecule has 1 N–H and O–H groups in total. The van der Waals surface area contributed by atoms with E-state index < -0.39 is 0 Å². The number of nitrogens with zero attached hydrogens (tertiary/aromatic N) is 4. The molecule has 2 aromatic rings. The van der Waals surface area contributed by atoms with Crippen molar-refractivity contribution in [1.29, 1.82) is 0 Å². The number of nitrogens with one attached hydrogen (secondary N) is 1. The summed E-state index contributed by atoms with van der Waals surface area (Å²) >= 11 is 0. The minimum absolute atomic E-state index is 0.149. The molecule has 0 aliphatic rings. The van der Waals surface area contributed by atoms with Crippen LogP contribution in [0.15, 0.2) is 42.7 Å². The molecule has 0 bridgehead atoms. The number of anilines is 1. The molecular weight excluding hydrogens is 290 g/mol. The molecule has 0 unspecified atom stereocenters. The molecule has 0 atom stereocenters. The van der Waals surface area contributed by atoms with Crippen molar-refractivity contribution in [3.8, 4) is 0 Å². The molecule has 6 heteroatoms. The number of aromatic nitrogens is 2. The van der Waals surface area contributed by atoms with Gasteiger partial charge in [0.2, 0.25) is 5.95 Å². The van der Waals surface area contributed by atoms with Crippen LogP contribution in [-0.2, 0) is 6.54 Å². The quantitative estimate of drug-likeness (QED) is 0.837. The van der Waals surface area contributed by atoms with Gasteiger partial charge in [-0.3, -0.25) is 4.79 Å². The minimum atomic E-state index is -0.149. The molecule has 122 valence electrons. The largest absolute Gasteiger partial charge is 0.351 e. The molecule has 0 aliphatic carbocycles. The van der Waals surface area contributed by atoms with E-state index in [1.807, 2.05) is 49.1 Å². The summed E-state index contributed by atoms with van der Waals surface area (Å²) in [6, 6.07) is 10.1. The van der Waals surface area contributed by atoms with Crippen LogP contribution in [0.2, 0.25) is 0 Å². The van der Waals surface area contributed by atoms with Gasteiger partial charge in [-0.25, -0.2) is 9.97 Å². The number of hydrogen-bond acceptors (Lipinski definition) is 5. The van der Waals surface area contributed by atoms with E-state index in [-0.39, 0.29) is 5.91 Å². The molecule has 0 spiro atoms. The third-order valence-electron chi connectivity index (χ3n) is 3.35. The lowest BCUT2D eigenvalue weighted by Gasteiger charge is -2.17. The number of carbonyl (C=O) groups is 1. The maximum atomic E-state index is 12.0. The van der Waals surface area contributed by atoms with Gasteiger partial charge in [-0.1, -0.05) is 30.3 Å². The Bertz CT molecular complexity index is 613. The van der Waals surface area contributed by atoms with Crippen molar-refractivity contribution in [2.75, 3.05) is 39.1 Å². The van der Waals surface area contributed by atoms with Gasteiger partial charge < -0.3 is 15.1 Å². The Morgan fingerprint density at radius 3 is 2.35 bits per heavy atom. The minimum Gasteiger partial charge on any atom is -0.351 e. The van der Waals surface area contributed by atoms with Crippen molar-refractivity contribution in [3.63, 3.8) is 0 Å². The molecule has 0 radical (unpaired) electrons. The Balaban J connectivity index is 1.92. The molecule has 2 rings (SSSR count). The van der Waals surface area contributed by atoms with Crippen molar-refractivity contribution >= 4 is 11.9 Å². The number of rotatable bonds is 7. The molecule has 23 heavy (non-hydrogen) atoms. The van der Waals surface area contributed by atoms with Gasteiger partial charge in [0, 0.05) is 39.1 Å². The second kappa shape index (κ2) is 8.24. The van der Waals surface area contributed by atoms with Gasteiger partial charge in [-0.15, -0.1) is 0 Å². The lowest BCUT2D eigenvalue weighted by molar-refractivity contribution is 0.0950. The molecule has 1 aromatic heterocycles. The summed E-state index contributed by atoms with van der Waals surface area (Å²) in [6.07, 6.45) is 3.13. The van der Waals surface area contributed by atoms with Gasteiger partial charge in [-0.05, 0) is 19.7 Å². The Kier molecular flexibility index (Phi) is 6.05. The number of likely N-dealkylation sites (N-methyl/N-ethyl adjacent to an activating group) is 1. The zero-order chi connectivity index (χ0) is 16.7. The van der Waals surface area contributed by atoms with Crippen molar-refractivity contribution < 1.29 is 4.79 Å². The monoisotopic (exact) mass is 313 g/mol. The van der Waals surface area contributed by atoms with Crippen LogP contribution in [0.1, 0.15) is 15.9 Å². The van der Waals surface area contributed by atoms with Crippen LogP contribution in [0, 0.1) is 0 Å². The van der Waals surface area contributed by atoms with Crippen LogP contribution >= 0.6 is 0 Å². The Labute approximate surface area is 137 Å². The normalized spacial score (nSPS) is 10.6. The fraction of sp³-hybridized carbons (Fsp3) is 0.353. The molecular formula is C17H23N5O. The Morgan fingerprint density at radius 2 is 1.74 bits per heavy atom. The summed E-state index contributed by atoms with van der Waals surface area (Å²) in [5.74, 6) is 0.447. The molecule has 1 amide bonds. The van der Waals surface area contributed by atoms with E-state index >= 15 is 0 Å². The first-order valence-corrected chi connectivity index (χ1v) is 7.56. The number of carbonyl (C=O) groups excluding carboxylic acids is 1. The van der Waals surface area contributed by atoms with Crippen LogP contribution in [0.4, 0.5) is 5.95 Å². The lowest BCUT2D eigenvalue weighted by atomic mass is 10.2. The third kappa shape index (κ3) is 5.34. The summed E-state index contributed by atoms with van der Waals surface area (Å²) in [5, 5.41) is 2.84. The van der Waals surface area contributed by atoms with Crippen LogP contribution in [0.25, 0.3) is 0 Å². The molecule has 0 aliphatic heterocycles. The van der Waals surface area contributed by atoms with E-state index in [0.29, 0.717) is 18.1 Å². The number of hydrogen-bond donors (Lipinski definition) is 1. The maximum absolute atomic E-state index is 12.0. The summed E-state index contributed by atoms with van der Waals surface area (Å²) in [6.45, 7) is 2.11. The average Bonchev–Trinajstić information content (AvgIpc) is 2.55. The zero-order valence-electron chi connectivity index (χ0n) is 13.9. The van der Waals surface area contributed by atoms with E-state index in [2.05, 4.69) is 27.4 Å². The van der Waals surface area contributed by atoms with Crippen LogP contribution in [-0.4, -0.2) is 55.0 Å². The van der Waals surface area contributed by atoms with E-state index in [0.717, 1.165) is 13.1 Å². The second-order valence-electron chi connectivity index (χ2n) is 5.67. The standard InChI is InChI=1S/C17H23N5O/c1-21(2)10-9-18-16(23)15-11-19-17(20-12-15)22(3)13-14-7-5-4-6-8-14/h4-8,11-12H,9-10,13H2,1-3H3,(H,18,23). The molecule has 6 nitrogen and oxygen atoms in total. The zero-order valence-corrected chi connectivity index (χ0v) is 13.9. The SMILES string of the molecule is CN(C)CCNC(=O)c1cnc(N(C)Cc2ccccc2)nc1. The smallest absolute Gasteiger partial charge is 0.254 e. The first kappa shape index (κ1) is 16.9. The summed E-state index contributed by atoms with van der Waals surface area (Å²) < 4.78 is 0. The van der Waals surface area contributed by atoms with Crippen LogP contribution in [0.5, 0.6) is 0 Å². The first-order chi connectivity index (χ1) is 11.1. The highest BCUT2D eigenvalue weighted by atomic mass is 16.1. The van der Waals surface area contributed by atoms with E-state index in [9.17, 15) is 4.79 Å². The second-order valence-corrected chi connectivity index (χ2v) is 5.67. The average molecular weight is 313 g/mol. The summed E-state index contributed by atoms with van der Waals surface area (Å²) in [7, 11) is 5.86. The maximum Gasteiger partial charge on any atom is 0.254 e. The van der Waals surface area contributed by atoms with E-state index in [4.69, 9.17) is 0 Å².